The van der Waals surface area contributed by atoms with Crippen LogP contribution in [0.2, 0.25) is 0 Å². The molecule has 24 heavy (non-hydrogen) atoms. The van der Waals surface area contributed by atoms with Gasteiger partial charge in [-0.25, -0.2) is 9.78 Å². The lowest BCUT2D eigenvalue weighted by Gasteiger charge is -2.07. The Balaban J connectivity index is 1.47. The van der Waals surface area contributed by atoms with Crippen molar-refractivity contribution in [1.82, 2.24) is 10.3 Å². The Morgan fingerprint density at radius 3 is 2.71 bits per heavy atom. The van der Waals surface area contributed by atoms with Gasteiger partial charge in [-0.1, -0.05) is 24.3 Å². The molecule has 0 atom stereocenters. The summed E-state index contributed by atoms with van der Waals surface area (Å²) in [6.07, 6.45) is 4.54. The molecule has 0 fully saturated rings. The van der Waals surface area contributed by atoms with E-state index in [0.717, 1.165) is 29.7 Å². The van der Waals surface area contributed by atoms with E-state index < -0.39 is 0 Å². The Morgan fingerprint density at radius 2 is 1.96 bits per heavy atom. The SMILES string of the molecule is CCOCc1ccc(CNC(=O)Nc2nc3c(s2)CCCC3)cc1. The van der Waals surface area contributed by atoms with E-state index in [-0.39, 0.29) is 6.03 Å². The number of nitrogens with zero attached hydrogens (tertiary/aromatic N) is 1. The topological polar surface area (TPSA) is 63.2 Å². The molecule has 1 heterocycles. The fourth-order valence-electron chi connectivity index (χ4n) is 2.70. The molecule has 1 aromatic heterocycles. The number of carbonyl (C=O) groups excluding carboxylic acids is 1. The third kappa shape index (κ3) is 4.55. The molecule has 5 nitrogen and oxygen atoms in total. The lowest BCUT2D eigenvalue weighted by Crippen LogP contribution is -2.28. The number of fused-ring (bicyclic) bond motifs is 1. The van der Waals surface area contributed by atoms with Gasteiger partial charge in [0.1, 0.15) is 0 Å². The van der Waals surface area contributed by atoms with E-state index in [1.807, 2.05) is 31.2 Å². The van der Waals surface area contributed by atoms with Gasteiger partial charge >= 0.3 is 6.03 Å². The number of thiazole rings is 1. The maximum atomic E-state index is 12.0. The van der Waals surface area contributed by atoms with E-state index in [4.69, 9.17) is 4.74 Å². The predicted octanol–water partition coefficient (Wildman–Crippen LogP) is 3.88. The maximum Gasteiger partial charge on any atom is 0.321 e. The first-order valence-electron chi connectivity index (χ1n) is 8.43. The molecule has 1 aliphatic carbocycles. The number of anilines is 1. The lowest BCUT2D eigenvalue weighted by molar-refractivity contribution is 0.134. The van der Waals surface area contributed by atoms with Crippen molar-refractivity contribution >= 4 is 22.5 Å². The number of aryl methyl sites for hydroxylation is 2. The first-order valence-corrected chi connectivity index (χ1v) is 9.25. The van der Waals surface area contributed by atoms with Crippen LogP contribution in [0.15, 0.2) is 24.3 Å². The Hall–Kier alpha value is -1.92. The van der Waals surface area contributed by atoms with Crippen LogP contribution in [0.1, 0.15) is 41.5 Å². The van der Waals surface area contributed by atoms with Crippen molar-refractivity contribution < 1.29 is 9.53 Å². The van der Waals surface area contributed by atoms with Gasteiger partial charge in [0.2, 0.25) is 0 Å². The molecule has 1 aliphatic rings. The van der Waals surface area contributed by atoms with Crippen molar-refractivity contribution in [2.24, 2.45) is 0 Å². The highest BCUT2D eigenvalue weighted by molar-refractivity contribution is 7.15. The summed E-state index contributed by atoms with van der Waals surface area (Å²) in [4.78, 5) is 17.9. The standard InChI is InChI=1S/C18H23N3O2S/c1-2-23-12-14-9-7-13(8-10-14)11-19-17(22)21-18-20-15-5-3-4-6-16(15)24-18/h7-10H,2-6,11-12H2,1H3,(H2,19,20,21,22). The van der Waals surface area contributed by atoms with E-state index in [1.54, 1.807) is 11.3 Å². The molecule has 2 N–H and O–H groups in total. The Morgan fingerprint density at radius 1 is 1.21 bits per heavy atom. The number of ether oxygens (including phenoxy) is 1. The van der Waals surface area contributed by atoms with Gasteiger partial charge in [-0.05, 0) is 43.7 Å². The van der Waals surface area contributed by atoms with Crippen LogP contribution in [-0.2, 0) is 30.7 Å². The zero-order valence-electron chi connectivity index (χ0n) is 13.9. The minimum absolute atomic E-state index is 0.209. The van der Waals surface area contributed by atoms with Crippen molar-refractivity contribution in [2.45, 2.75) is 45.8 Å². The summed E-state index contributed by atoms with van der Waals surface area (Å²) in [6.45, 7) is 3.81. The van der Waals surface area contributed by atoms with E-state index in [2.05, 4.69) is 15.6 Å². The third-order valence-corrected chi connectivity index (χ3v) is 5.09. The predicted molar refractivity (Wildman–Crippen MR) is 96.4 cm³/mol. The van der Waals surface area contributed by atoms with Crippen molar-refractivity contribution in [3.8, 4) is 0 Å². The average Bonchev–Trinajstić information content (AvgIpc) is 3.01. The summed E-state index contributed by atoms with van der Waals surface area (Å²) < 4.78 is 5.37. The van der Waals surface area contributed by atoms with Crippen LogP contribution < -0.4 is 10.6 Å². The summed E-state index contributed by atoms with van der Waals surface area (Å²) >= 11 is 1.60. The quantitative estimate of drug-likeness (QED) is 0.835. The number of amides is 2. The highest BCUT2D eigenvalue weighted by atomic mass is 32.1. The van der Waals surface area contributed by atoms with Crippen LogP contribution in [-0.4, -0.2) is 17.6 Å². The van der Waals surface area contributed by atoms with Crippen LogP contribution in [0.4, 0.5) is 9.93 Å². The second-order valence-corrected chi connectivity index (χ2v) is 6.94. The number of hydrogen-bond acceptors (Lipinski definition) is 4. The first kappa shape index (κ1) is 16.9. The molecule has 0 radical (unpaired) electrons. The van der Waals surface area contributed by atoms with Gasteiger partial charge in [0.25, 0.3) is 0 Å². The minimum atomic E-state index is -0.209. The zero-order chi connectivity index (χ0) is 16.8. The molecule has 0 spiro atoms. The van der Waals surface area contributed by atoms with Gasteiger partial charge in [-0.15, -0.1) is 11.3 Å². The van der Waals surface area contributed by atoms with Crippen LogP contribution in [0.25, 0.3) is 0 Å². The number of nitrogens with one attached hydrogen (secondary N) is 2. The van der Waals surface area contributed by atoms with E-state index in [1.165, 1.54) is 17.7 Å². The maximum absolute atomic E-state index is 12.0. The van der Waals surface area contributed by atoms with Crippen LogP contribution >= 0.6 is 11.3 Å². The normalized spacial score (nSPS) is 13.4. The summed E-state index contributed by atoms with van der Waals surface area (Å²) in [5.41, 5.74) is 3.36. The Bertz CT molecular complexity index is 659. The molecule has 0 bridgehead atoms. The third-order valence-electron chi connectivity index (χ3n) is 4.02. The smallest absolute Gasteiger partial charge is 0.321 e. The monoisotopic (exact) mass is 345 g/mol. The number of aromatic nitrogens is 1. The summed E-state index contributed by atoms with van der Waals surface area (Å²) in [5.74, 6) is 0. The second kappa shape index (κ2) is 8.26. The molecule has 2 aromatic rings. The number of rotatable bonds is 6. The van der Waals surface area contributed by atoms with E-state index in [9.17, 15) is 4.79 Å². The summed E-state index contributed by atoms with van der Waals surface area (Å²) in [7, 11) is 0. The average molecular weight is 345 g/mol. The van der Waals surface area contributed by atoms with Crippen molar-refractivity contribution in [2.75, 3.05) is 11.9 Å². The van der Waals surface area contributed by atoms with E-state index >= 15 is 0 Å². The van der Waals surface area contributed by atoms with Gasteiger partial charge in [0.05, 0.1) is 12.3 Å². The molecular formula is C18H23N3O2S. The van der Waals surface area contributed by atoms with Gasteiger partial charge in [-0.2, -0.15) is 0 Å². The first-order chi connectivity index (χ1) is 11.7. The summed E-state index contributed by atoms with van der Waals surface area (Å²) in [5, 5.41) is 6.42. The molecule has 0 saturated carbocycles. The van der Waals surface area contributed by atoms with Crippen LogP contribution in [0, 0.1) is 0 Å². The molecule has 0 saturated heterocycles. The van der Waals surface area contributed by atoms with Gasteiger partial charge in [0.15, 0.2) is 5.13 Å². The molecule has 0 unspecified atom stereocenters. The van der Waals surface area contributed by atoms with Crippen molar-refractivity contribution in [3.05, 3.63) is 46.0 Å². The Kier molecular flexibility index (Phi) is 5.82. The highest BCUT2D eigenvalue weighted by Crippen LogP contribution is 2.29. The van der Waals surface area contributed by atoms with Crippen molar-refractivity contribution in [3.63, 3.8) is 0 Å². The summed E-state index contributed by atoms with van der Waals surface area (Å²) in [6, 6.07) is 7.87. The fraction of sp³-hybridized carbons (Fsp3) is 0.444. The van der Waals surface area contributed by atoms with Crippen LogP contribution in [0.5, 0.6) is 0 Å². The largest absolute Gasteiger partial charge is 0.377 e. The number of hydrogen-bond donors (Lipinski definition) is 2. The lowest BCUT2D eigenvalue weighted by atomic mass is 10.0. The van der Waals surface area contributed by atoms with Gasteiger partial charge in [0, 0.05) is 18.0 Å². The van der Waals surface area contributed by atoms with E-state index in [0.29, 0.717) is 24.9 Å². The number of urea groups is 1. The van der Waals surface area contributed by atoms with Gasteiger partial charge in [-0.3, -0.25) is 5.32 Å². The zero-order valence-corrected chi connectivity index (χ0v) is 14.7. The van der Waals surface area contributed by atoms with Gasteiger partial charge < -0.3 is 10.1 Å². The molecule has 3 rings (SSSR count). The highest BCUT2D eigenvalue weighted by Gasteiger charge is 2.16. The fourth-order valence-corrected chi connectivity index (χ4v) is 3.75. The molecule has 0 aliphatic heterocycles. The van der Waals surface area contributed by atoms with Crippen LogP contribution in [0.3, 0.4) is 0 Å². The second-order valence-electron chi connectivity index (χ2n) is 5.86. The minimum Gasteiger partial charge on any atom is -0.377 e. The molecule has 2 amide bonds. The number of carbonyl (C=O) groups is 1. The molecular weight excluding hydrogens is 322 g/mol. The molecule has 128 valence electrons. The molecule has 6 heteroatoms. The molecule has 1 aromatic carbocycles. The Labute approximate surface area is 146 Å². The number of benzene rings is 1. The van der Waals surface area contributed by atoms with Crippen molar-refractivity contribution in [1.29, 1.82) is 0 Å².